The normalized spacial score (nSPS) is 16.3. The van der Waals surface area contributed by atoms with E-state index in [-0.39, 0.29) is 24.4 Å². The van der Waals surface area contributed by atoms with Crippen molar-refractivity contribution in [1.82, 2.24) is 29.4 Å². The first-order chi connectivity index (χ1) is 15.7. The van der Waals surface area contributed by atoms with Crippen LogP contribution >= 0.6 is 0 Å². The van der Waals surface area contributed by atoms with Gasteiger partial charge in [0.2, 0.25) is 5.91 Å². The number of fused-ring (bicyclic) bond motifs is 6. The Bertz CT molecular complexity index is 1270. The van der Waals surface area contributed by atoms with Crippen molar-refractivity contribution < 1.29 is 18.0 Å². The average Bonchev–Trinajstić information content (AvgIpc) is 3.46. The second kappa shape index (κ2) is 7.86. The van der Waals surface area contributed by atoms with Crippen LogP contribution in [0.3, 0.4) is 0 Å². The third-order valence-electron chi connectivity index (χ3n) is 6.15. The molecule has 0 atom stereocenters. The highest BCUT2D eigenvalue weighted by atomic mass is 19.4. The van der Waals surface area contributed by atoms with Gasteiger partial charge in [-0.3, -0.25) is 19.1 Å². The molecule has 4 heterocycles. The minimum absolute atomic E-state index is 0.0444. The standard InChI is InChI=1S/C23H23F3N6O/c1-3-31-13-20-17(11-30(2)28-20)14-9-16-15(6-7-19(16)27-10-14)18-12-32(8-4-5-21(31)33)29-22(18)23(24,25)26/h6,9-12H,3-5,7-8,13H2,1-2H3. The molecule has 0 aromatic carbocycles. The van der Waals surface area contributed by atoms with Gasteiger partial charge in [-0.15, -0.1) is 0 Å². The maximum Gasteiger partial charge on any atom is 0.435 e. The number of allylic oxidation sites excluding steroid dienone is 1. The molecular formula is C23H23F3N6O. The molecule has 0 radical (unpaired) electrons. The maximum absolute atomic E-state index is 13.9. The summed E-state index contributed by atoms with van der Waals surface area (Å²) < 4.78 is 44.6. The van der Waals surface area contributed by atoms with Gasteiger partial charge >= 0.3 is 6.18 Å². The number of aryl methyl sites for hydroxylation is 2. The van der Waals surface area contributed by atoms with Crippen molar-refractivity contribution in [2.24, 2.45) is 7.05 Å². The number of hydrogen-bond acceptors (Lipinski definition) is 4. The molecule has 0 unspecified atom stereocenters. The van der Waals surface area contributed by atoms with Crippen LogP contribution in [0.5, 0.6) is 0 Å². The van der Waals surface area contributed by atoms with Crippen LogP contribution in [0.15, 0.2) is 30.7 Å². The van der Waals surface area contributed by atoms with Crippen molar-refractivity contribution in [1.29, 1.82) is 0 Å². The summed E-state index contributed by atoms with van der Waals surface area (Å²) in [6, 6.07) is 1.87. The molecule has 2 aliphatic rings. The zero-order chi connectivity index (χ0) is 23.3. The molecule has 1 amide bonds. The number of carbonyl (C=O) groups excluding carboxylic acids is 1. The molecule has 4 bridgehead atoms. The van der Waals surface area contributed by atoms with Gasteiger partial charge in [-0.25, -0.2) is 0 Å². The van der Waals surface area contributed by atoms with E-state index in [2.05, 4.69) is 15.2 Å². The first kappa shape index (κ1) is 21.4. The molecular weight excluding hydrogens is 433 g/mol. The molecule has 0 saturated carbocycles. The summed E-state index contributed by atoms with van der Waals surface area (Å²) in [6.07, 6.45) is 3.28. The molecule has 3 aromatic rings. The molecule has 0 spiro atoms. The maximum atomic E-state index is 13.9. The summed E-state index contributed by atoms with van der Waals surface area (Å²) >= 11 is 0. The lowest BCUT2D eigenvalue weighted by atomic mass is 9.98. The van der Waals surface area contributed by atoms with Gasteiger partial charge in [0, 0.05) is 73.8 Å². The van der Waals surface area contributed by atoms with E-state index < -0.39 is 11.9 Å². The fourth-order valence-corrected chi connectivity index (χ4v) is 4.54. The highest BCUT2D eigenvalue weighted by molar-refractivity contribution is 5.87. The van der Waals surface area contributed by atoms with Gasteiger partial charge in [0.1, 0.15) is 0 Å². The van der Waals surface area contributed by atoms with Crippen LogP contribution in [0.2, 0.25) is 0 Å². The van der Waals surface area contributed by atoms with Crippen molar-refractivity contribution in [3.63, 3.8) is 0 Å². The second-order valence-corrected chi connectivity index (χ2v) is 8.37. The first-order valence-electron chi connectivity index (χ1n) is 10.9. The lowest BCUT2D eigenvalue weighted by Crippen LogP contribution is -2.30. The Hall–Kier alpha value is -3.43. The third-order valence-corrected chi connectivity index (χ3v) is 6.15. The lowest BCUT2D eigenvalue weighted by Gasteiger charge is -2.20. The van der Waals surface area contributed by atoms with Crippen LogP contribution in [0.1, 0.15) is 48.0 Å². The highest BCUT2D eigenvalue weighted by Crippen LogP contribution is 2.40. The summed E-state index contributed by atoms with van der Waals surface area (Å²) in [6.45, 7) is 2.99. The van der Waals surface area contributed by atoms with Crippen LogP contribution in [0.25, 0.3) is 16.7 Å². The topological polar surface area (TPSA) is 68.8 Å². The Kier molecular flexibility index (Phi) is 5.10. The van der Waals surface area contributed by atoms with Crippen molar-refractivity contribution in [2.45, 2.75) is 45.5 Å². The Morgan fingerprint density at radius 3 is 2.67 bits per heavy atom. The summed E-state index contributed by atoms with van der Waals surface area (Å²) in [5.41, 5.74) is 3.32. The molecule has 1 aliphatic heterocycles. The molecule has 33 heavy (non-hydrogen) atoms. The summed E-state index contributed by atoms with van der Waals surface area (Å²) in [4.78, 5) is 19.1. The molecule has 172 valence electrons. The van der Waals surface area contributed by atoms with E-state index in [1.807, 2.05) is 19.2 Å². The minimum atomic E-state index is -4.59. The Labute approximate surface area is 188 Å². The van der Waals surface area contributed by atoms with Crippen LogP contribution < -0.4 is 0 Å². The highest BCUT2D eigenvalue weighted by Gasteiger charge is 2.39. The second-order valence-electron chi connectivity index (χ2n) is 8.37. The number of hydrogen-bond donors (Lipinski definition) is 0. The van der Waals surface area contributed by atoms with Crippen molar-refractivity contribution in [2.75, 3.05) is 6.54 Å². The van der Waals surface area contributed by atoms with E-state index >= 15 is 0 Å². The summed E-state index contributed by atoms with van der Waals surface area (Å²) in [7, 11) is 1.81. The summed E-state index contributed by atoms with van der Waals surface area (Å²) in [5.74, 6) is -0.0664. The third kappa shape index (κ3) is 3.83. The van der Waals surface area contributed by atoms with Gasteiger partial charge < -0.3 is 4.90 Å². The van der Waals surface area contributed by atoms with Gasteiger partial charge in [-0.1, -0.05) is 6.08 Å². The van der Waals surface area contributed by atoms with Gasteiger partial charge in [-0.2, -0.15) is 23.4 Å². The number of nitrogens with zero attached hydrogens (tertiary/aromatic N) is 6. The van der Waals surface area contributed by atoms with Crippen LogP contribution in [-0.4, -0.2) is 41.9 Å². The lowest BCUT2D eigenvalue weighted by molar-refractivity contribution is -0.141. The number of alkyl halides is 3. The van der Waals surface area contributed by atoms with E-state index in [1.165, 1.54) is 10.9 Å². The number of pyridine rings is 1. The number of rotatable bonds is 1. The van der Waals surface area contributed by atoms with E-state index in [1.54, 1.807) is 28.9 Å². The smallest absolute Gasteiger partial charge is 0.337 e. The monoisotopic (exact) mass is 456 g/mol. The zero-order valence-corrected chi connectivity index (χ0v) is 18.4. The molecule has 3 aromatic heterocycles. The average molecular weight is 456 g/mol. The van der Waals surface area contributed by atoms with Gasteiger partial charge in [0.05, 0.1) is 17.9 Å². The van der Waals surface area contributed by atoms with Crippen molar-refractivity contribution in [3.05, 3.63) is 58.9 Å². The molecule has 7 nitrogen and oxygen atoms in total. The molecule has 5 rings (SSSR count). The fourth-order valence-electron chi connectivity index (χ4n) is 4.54. The number of halogens is 3. The Balaban J connectivity index is 1.69. The Morgan fingerprint density at radius 1 is 1.09 bits per heavy atom. The van der Waals surface area contributed by atoms with Crippen molar-refractivity contribution in [3.8, 4) is 11.1 Å². The number of carbonyl (C=O) groups is 1. The minimum Gasteiger partial charge on any atom is -0.337 e. The predicted octanol–water partition coefficient (Wildman–Crippen LogP) is 3.83. The van der Waals surface area contributed by atoms with E-state index in [0.717, 1.165) is 22.5 Å². The fraction of sp³-hybridized carbons (Fsp3) is 0.391. The quantitative estimate of drug-likeness (QED) is 0.558. The van der Waals surface area contributed by atoms with E-state index in [9.17, 15) is 18.0 Å². The SMILES string of the molecule is CCN1Cc2nn(C)cc2-c2cnc3c(c2)C(=CC3)c2cn(nc2C(F)(F)F)CCCC1=O. The molecule has 0 fully saturated rings. The molecule has 0 N–H and O–H groups in total. The molecule has 10 heteroatoms. The summed E-state index contributed by atoms with van der Waals surface area (Å²) in [5, 5.41) is 8.41. The van der Waals surface area contributed by atoms with Crippen LogP contribution in [-0.2, 0) is 37.5 Å². The molecule has 0 saturated heterocycles. The van der Waals surface area contributed by atoms with Crippen LogP contribution in [0, 0.1) is 0 Å². The first-order valence-corrected chi connectivity index (χ1v) is 10.9. The van der Waals surface area contributed by atoms with E-state index in [4.69, 9.17) is 0 Å². The Morgan fingerprint density at radius 2 is 1.91 bits per heavy atom. The molecule has 1 aliphatic carbocycles. The largest absolute Gasteiger partial charge is 0.435 e. The van der Waals surface area contributed by atoms with Crippen LogP contribution in [0.4, 0.5) is 13.2 Å². The van der Waals surface area contributed by atoms with E-state index in [0.29, 0.717) is 37.1 Å². The number of aromatic nitrogens is 5. The van der Waals surface area contributed by atoms with Crippen molar-refractivity contribution >= 4 is 11.5 Å². The zero-order valence-electron chi connectivity index (χ0n) is 18.4. The number of amides is 1. The predicted molar refractivity (Wildman–Crippen MR) is 115 cm³/mol. The van der Waals surface area contributed by atoms with Gasteiger partial charge in [-0.05, 0) is 25.0 Å². The van der Waals surface area contributed by atoms with Gasteiger partial charge in [0.25, 0.3) is 0 Å². The van der Waals surface area contributed by atoms with Gasteiger partial charge in [0.15, 0.2) is 5.69 Å².